The van der Waals surface area contributed by atoms with Crippen LogP contribution in [0.2, 0.25) is 5.02 Å². The summed E-state index contributed by atoms with van der Waals surface area (Å²) < 4.78 is 27.8. The first-order valence-corrected chi connectivity index (χ1v) is 9.01. The minimum atomic E-state index is -3.64. The Morgan fingerprint density at radius 2 is 1.78 bits per heavy atom. The summed E-state index contributed by atoms with van der Waals surface area (Å²) in [6.45, 7) is 0.278. The molecule has 0 unspecified atom stereocenters. The smallest absolute Gasteiger partial charge is 0.241 e. The summed E-state index contributed by atoms with van der Waals surface area (Å²) in [6.07, 6.45) is 2.22. The Bertz CT molecular complexity index is 922. The minimum absolute atomic E-state index is 0.196. The molecule has 0 saturated carbocycles. The highest BCUT2D eigenvalue weighted by molar-refractivity contribution is 7.89. The van der Waals surface area contributed by atoms with Crippen molar-refractivity contribution in [2.24, 2.45) is 0 Å². The number of pyridine rings is 1. The third kappa shape index (κ3) is 3.52. The Morgan fingerprint density at radius 3 is 2.52 bits per heavy atom. The summed E-state index contributed by atoms with van der Waals surface area (Å²) in [5.74, 6) is 0. The first kappa shape index (κ1) is 15.9. The van der Waals surface area contributed by atoms with Crippen LogP contribution in [0.15, 0.2) is 65.7 Å². The first-order chi connectivity index (χ1) is 11.1. The van der Waals surface area contributed by atoms with Gasteiger partial charge >= 0.3 is 0 Å². The average molecular weight is 347 g/mol. The molecule has 0 radical (unpaired) electrons. The molecule has 3 aromatic rings. The van der Waals surface area contributed by atoms with Gasteiger partial charge in [-0.2, -0.15) is 0 Å². The molecule has 0 amide bonds. The molecule has 0 aliphatic heterocycles. The second kappa shape index (κ2) is 6.66. The Labute approximate surface area is 140 Å². The molecular formula is C17H15ClN2O2S. The van der Waals surface area contributed by atoms with E-state index >= 15 is 0 Å². The lowest BCUT2D eigenvalue weighted by Gasteiger charge is -2.10. The number of fused-ring (bicyclic) bond motifs is 1. The number of hydrogen-bond acceptors (Lipinski definition) is 3. The Hall–Kier alpha value is -1.95. The highest BCUT2D eigenvalue weighted by atomic mass is 35.5. The van der Waals surface area contributed by atoms with E-state index in [9.17, 15) is 8.42 Å². The van der Waals surface area contributed by atoms with Crippen LogP contribution in [0.4, 0.5) is 0 Å². The Kier molecular flexibility index (Phi) is 4.61. The number of sulfonamides is 1. The van der Waals surface area contributed by atoms with Crippen LogP contribution in [-0.4, -0.2) is 19.9 Å². The zero-order valence-electron chi connectivity index (χ0n) is 12.2. The molecule has 1 aromatic heterocycles. The van der Waals surface area contributed by atoms with Crippen molar-refractivity contribution in [1.82, 2.24) is 9.71 Å². The van der Waals surface area contributed by atoms with Crippen LogP contribution < -0.4 is 4.72 Å². The lowest BCUT2D eigenvalue weighted by Crippen LogP contribution is -2.26. The molecule has 0 saturated heterocycles. The van der Waals surface area contributed by atoms with E-state index in [1.54, 1.807) is 30.5 Å². The quantitative estimate of drug-likeness (QED) is 0.770. The molecule has 0 bridgehead atoms. The van der Waals surface area contributed by atoms with Crippen LogP contribution in [0.5, 0.6) is 0 Å². The monoisotopic (exact) mass is 346 g/mol. The molecule has 0 atom stereocenters. The number of aromatic nitrogens is 1. The van der Waals surface area contributed by atoms with Crippen LogP contribution in [0.25, 0.3) is 10.8 Å². The molecule has 0 fully saturated rings. The molecule has 1 N–H and O–H groups in total. The van der Waals surface area contributed by atoms with Crippen LogP contribution in [0.3, 0.4) is 0 Å². The molecule has 1 heterocycles. The molecule has 0 aliphatic carbocycles. The van der Waals surface area contributed by atoms with Gasteiger partial charge in [-0.15, -0.1) is 0 Å². The normalized spacial score (nSPS) is 11.7. The van der Waals surface area contributed by atoms with Gasteiger partial charge in [-0.25, -0.2) is 13.1 Å². The second-order valence-corrected chi connectivity index (χ2v) is 7.21. The van der Waals surface area contributed by atoms with Gasteiger partial charge in [0.05, 0.1) is 4.90 Å². The summed E-state index contributed by atoms with van der Waals surface area (Å²) in [6, 6.07) is 16.0. The summed E-state index contributed by atoms with van der Waals surface area (Å²) in [4.78, 5) is 4.38. The molecule has 23 heavy (non-hydrogen) atoms. The van der Waals surface area contributed by atoms with Crippen LogP contribution in [-0.2, 0) is 16.4 Å². The van der Waals surface area contributed by atoms with Gasteiger partial charge in [-0.3, -0.25) is 4.98 Å². The number of benzene rings is 2. The predicted molar refractivity (Wildman–Crippen MR) is 92.1 cm³/mol. The third-order valence-electron chi connectivity index (χ3n) is 3.50. The predicted octanol–water partition coefficient (Wildman–Crippen LogP) is 3.41. The molecule has 3 rings (SSSR count). The van der Waals surface area contributed by atoms with Gasteiger partial charge < -0.3 is 0 Å². The summed E-state index contributed by atoms with van der Waals surface area (Å²) >= 11 is 6.20. The van der Waals surface area contributed by atoms with Crippen LogP contribution >= 0.6 is 11.6 Å². The molecule has 4 nitrogen and oxygen atoms in total. The highest BCUT2D eigenvalue weighted by Crippen LogP contribution is 2.29. The van der Waals surface area contributed by atoms with Gasteiger partial charge in [0.2, 0.25) is 10.0 Å². The van der Waals surface area contributed by atoms with Crippen molar-refractivity contribution in [2.45, 2.75) is 11.3 Å². The third-order valence-corrected chi connectivity index (χ3v) is 5.32. The van der Waals surface area contributed by atoms with E-state index in [-0.39, 0.29) is 11.4 Å². The molecule has 0 spiro atoms. The van der Waals surface area contributed by atoms with Gasteiger partial charge in [0.1, 0.15) is 0 Å². The number of rotatable bonds is 5. The summed E-state index contributed by atoms with van der Waals surface area (Å²) in [7, 11) is -3.64. The lowest BCUT2D eigenvalue weighted by molar-refractivity contribution is 0.582. The van der Waals surface area contributed by atoms with E-state index in [4.69, 9.17) is 11.6 Å². The fourth-order valence-corrected chi connectivity index (χ4v) is 4.04. The van der Waals surface area contributed by atoms with Crippen molar-refractivity contribution in [3.05, 3.63) is 71.5 Å². The Balaban J connectivity index is 1.86. The number of nitrogens with one attached hydrogen (secondary N) is 1. The van der Waals surface area contributed by atoms with Crippen molar-refractivity contribution in [1.29, 1.82) is 0 Å². The van der Waals surface area contributed by atoms with E-state index in [1.165, 1.54) is 0 Å². The lowest BCUT2D eigenvalue weighted by atomic mass is 10.1. The van der Waals surface area contributed by atoms with E-state index in [1.807, 2.05) is 30.3 Å². The number of hydrogen-bond donors (Lipinski definition) is 1. The van der Waals surface area contributed by atoms with E-state index in [0.717, 1.165) is 11.1 Å². The molecule has 0 aliphatic rings. The zero-order valence-corrected chi connectivity index (χ0v) is 13.8. The number of halogens is 1. The maximum atomic E-state index is 12.6. The molecular weight excluding hydrogens is 332 g/mol. The van der Waals surface area contributed by atoms with Gasteiger partial charge in [0, 0.05) is 35.3 Å². The standard InChI is InChI=1S/C17H15ClN2O2S/c18-15-8-3-5-13-6-4-9-16(17(13)15)23(21,22)20-12-10-14-7-1-2-11-19-14/h1-9,11,20H,10,12H2. The van der Waals surface area contributed by atoms with Gasteiger partial charge in [-0.1, -0.05) is 41.9 Å². The second-order valence-electron chi connectivity index (χ2n) is 5.06. The zero-order chi connectivity index (χ0) is 16.3. The topological polar surface area (TPSA) is 59.1 Å². The average Bonchev–Trinajstić information content (AvgIpc) is 2.55. The van der Waals surface area contributed by atoms with Crippen molar-refractivity contribution in [3.63, 3.8) is 0 Å². The fraction of sp³-hybridized carbons (Fsp3) is 0.118. The van der Waals surface area contributed by atoms with Crippen molar-refractivity contribution < 1.29 is 8.42 Å². The minimum Gasteiger partial charge on any atom is -0.261 e. The highest BCUT2D eigenvalue weighted by Gasteiger charge is 2.18. The maximum Gasteiger partial charge on any atom is 0.241 e. The summed E-state index contributed by atoms with van der Waals surface area (Å²) in [5, 5.41) is 1.76. The Morgan fingerprint density at radius 1 is 1.00 bits per heavy atom. The van der Waals surface area contributed by atoms with Gasteiger partial charge in [-0.05, 0) is 29.7 Å². The molecule has 6 heteroatoms. The molecule has 118 valence electrons. The van der Waals surface area contributed by atoms with Crippen LogP contribution in [0, 0.1) is 0 Å². The molecule has 2 aromatic carbocycles. The largest absolute Gasteiger partial charge is 0.261 e. The maximum absolute atomic E-state index is 12.6. The van der Waals surface area contributed by atoms with Crippen molar-refractivity contribution in [3.8, 4) is 0 Å². The van der Waals surface area contributed by atoms with Gasteiger partial charge in [0.25, 0.3) is 0 Å². The van der Waals surface area contributed by atoms with E-state index < -0.39 is 10.0 Å². The van der Waals surface area contributed by atoms with Crippen molar-refractivity contribution >= 4 is 32.4 Å². The number of nitrogens with zero attached hydrogens (tertiary/aromatic N) is 1. The first-order valence-electron chi connectivity index (χ1n) is 7.15. The van der Waals surface area contributed by atoms with E-state index in [2.05, 4.69) is 9.71 Å². The van der Waals surface area contributed by atoms with Crippen molar-refractivity contribution in [2.75, 3.05) is 6.54 Å². The SMILES string of the molecule is O=S(=O)(NCCc1ccccn1)c1cccc2cccc(Cl)c12. The van der Waals surface area contributed by atoms with Gasteiger partial charge in [0.15, 0.2) is 0 Å². The van der Waals surface area contributed by atoms with Crippen LogP contribution in [0.1, 0.15) is 5.69 Å². The fourth-order valence-electron chi connectivity index (χ4n) is 2.42. The summed E-state index contributed by atoms with van der Waals surface area (Å²) in [5.41, 5.74) is 0.839. The van der Waals surface area contributed by atoms with E-state index in [0.29, 0.717) is 16.8 Å².